The lowest BCUT2D eigenvalue weighted by atomic mass is 10.0. The molecule has 2 aromatic rings. The molecule has 118 valence electrons. The zero-order valence-electron chi connectivity index (χ0n) is 12.8. The highest BCUT2D eigenvalue weighted by Crippen LogP contribution is 2.21. The average molecular weight is 322 g/mol. The number of halogens is 1. The number of carbonyl (C=O) groups excluding carboxylic acids is 1. The Morgan fingerprint density at radius 3 is 2.68 bits per heavy atom. The number of amides is 1. The minimum atomic E-state index is -0.376. The molecule has 1 aromatic carbocycles. The smallest absolute Gasteiger partial charge is 0.242 e. The van der Waals surface area contributed by atoms with Crippen molar-refractivity contribution in [3.63, 3.8) is 0 Å². The van der Waals surface area contributed by atoms with E-state index in [1.54, 1.807) is 25.2 Å². The highest BCUT2D eigenvalue weighted by atomic mass is 32.1. The molecule has 0 spiro atoms. The van der Waals surface area contributed by atoms with Gasteiger partial charge in [0.25, 0.3) is 0 Å². The lowest BCUT2D eigenvalue weighted by Gasteiger charge is -2.19. The summed E-state index contributed by atoms with van der Waals surface area (Å²) < 4.78 is 13.6. The number of nitrogens with one attached hydrogen (secondary N) is 2. The first kappa shape index (κ1) is 16.4. The highest BCUT2D eigenvalue weighted by Gasteiger charge is 2.22. The summed E-state index contributed by atoms with van der Waals surface area (Å²) in [4.78, 5) is 11.8. The van der Waals surface area contributed by atoms with Gasteiger partial charge in [0.2, 0.25) is 11.0 Å². The molecule has 0 aliphatic carbocycles. The van der Waals surface area contributed by atoms with Crippen molar-refractivity contribution in [2.45, 2.75) is 26.3 Å². The molecule has 0 saturated carbocycles. The van der Waals surface area contributed by atoms with E-state index in [4.69, 9.17) is 0 Å². The van der Waals surface area contributed by atoms with E-state index in [-0.39, 0.29) is 23.7 Å². The van der Waals surface area contributed by atoms with Crippen LogP contribution in [0.3, 0.4) is 0 Å². The predicted octanol–water partition coefficient (Wildman–Crippen LogP) is 2.45. The Morgan fingerprint density at radius 1 is 1.32 bits per heavy atom. The van der Waals surface area contributed by atoms with Crippen molar-refractivity contribution in [1.29, 1.82) is 0 Å². The monoisotopic (exact) mass is 322 g/mol. The van der Waals surface area contributed by atoms with Gasteiger partial charge in [0.15, 0.2) is 0 Å². The van der Waals surface area contributed by atoms with Gasteiger partial charge in [-0.15, -0.1) is 10.2 Å². The fourth-order valence-electron chi connectivity index (χ4n) is 2.01. The molecule has 22 heavy (non-hydrogen) atoms. The van der Waals surface area contributed by atoms with E-state index in [9.17, 15) is 9.18 Å². The van der Waals surface area contributed by atoms with Crippen molar-refractivity contribution in [2.24, 2.45) is 5.92 Å². The van der Waals surface area contributed by atoms with Gasteiger partial charge in [-0.1, -0.05) is 43.4 Å². The summed E-state index contributed by atoms with van der Waals surface area (Å²) in [5, 5.41) is 15.1. The van der Waals surface area contributed by atoms with Crippen molar-refractivity contribution < 1.29 is 9.18 Å². The summed E-state index contributed by atoms with van der Waals surface area (Å²) in [5.74, 6) is -0.239. The second kappa shape index (κ2) is 7.31. The molecule has 0 saturated heterocycles. The van der Waals surface area contributed by atoms with Crippen LogP contribution in [-0.2, 0) is 11.2 Å². The molecular formula is C15H19FN4OS. The summed E-state index contributed by atoms with van der Waals surface area (Å²) in [5.41, 5.74) is 0.580. The van der Waals surface area contributed by atoms with Gasteiger partial charge in [0.1, 0.15) is 16.9 Å². The molecule has 5 nitrogen and oxygen atoms in total. The third-order valence-corrected chi connectivity index (χ3v) is 4.10. The third kappa shape index (κ3) is 4.00. The zero-order valence-corrected chi connectivity index (χ0v) is 13.6. The summed E-state index contributed by atoms with van der Waals surface area (Å²) >= 11 is 1.33. The second-order valence-corrected chi connectivity index (χ2v) is 6.31. The molecular weight excluding hydrogens is 303 g/mol. The quantitative estimate of drug-likeness (QED) is 0.857. The highest BCUT2D eigenvalue weighted by molar-refractivity contribution is 7.15. The van der Waals surface area contributed by atoms with Crippen LogP contribution in [0.15, 0.2) is 24.3 Å². The summed E-state index contributed by atoms with van der Waals surface area (Å²) in [6.45, 7) is 3.91. The molecule has 0 radical (unpaired) electrons. The Labute approximate surface area is 133 Å². The van der Waals surface area contributed by atoms with E-state index in [0.29, 0.717) is 22.1 Å². The standard InChI is InChI=1S/C15H19FN4OS/c1-9(2)13(14(21)17-3)18-15-20-19-12(22-15)8-10-6-4-5-7-11(10)16/h4-7,9,13H,8H2,1-3H3,(H,17,21)(H,18,20). The van der Waals surface area contributed by atoms with E-state index in [2.05, 4.69) is 20.8 Å². The molecule has 2 N–H and O–H groups in total. The number of anilines is 1. The maximum atomic E-state index is 13.6. The first-order chi connectivity index (χ1) is 10.5. The van der Waals surface area contributed by atoms with Gasteiger partial charge in [0.05, 0.1) is 0 Å². The van der Waals surface area contributed by atoms with Crippen LogP contribution < -0.4 is 10.6 Å². The van der Waals surface area contributed by atoms with Crippen molar-refractivity contribution >= 4 is 22.4 Å². The number of likely N-dealkylation sites (N-methyl/N-ethyl adjacent to an activating group) is 1. The summed E-state index contributed by atoms with van der Waals surface area (Å²) in [6, 6.07) is 6.22. The Balaban J connectivity index is 2.08. The molecule has 1 aromatic heterocycles. The maximum Gasteiger partial charge on any atom is 0.242 e. The molecule has 0 bridgehead atoms. The number of aromatic nitrogens is 2. The minimum Gasteiger partial charge on any atom is -0.357 e. The molecule has 1 atom stereocenters. The van der Waals surface area contributed by atoms with Crippen LogP contribution in [0, 0.1) is 11.7 Å². The van der Waals surface area contributed by atoms with Gasteiger partial charge >= 0.3 is 0 Å². The van der Waals surface area contributed by atoms with Gasteiger partial charge in [-0.2, -0.15) is 0 Å². The molecule has 1 unspecified atom stereocenters. The van der Waals surface area contributed by atoms with E-state index in [1.165, 1.54) is 17.4 Å². The SMILES string of the molecule is CNC(=O)C(Nc1nnc(Cc2ccccc2F)s1)C(C)C. The van der Waals surface area contributed by atoms with Crippen molar-refractivity contribution in [3.05, 3.63) is 40.7 Å². The summed E-state index contributed by atoms with van der Waals surface area (Å²) in [7, 11) is 1.60. The van der Waals surface area contributed by atoms with Crippen LogP contribution in [0.5, 0.6) is 0 Å². The third-order valence-electron chi connectivity index (χ3n) is 3.24. The maximum absolute atomic E-state index is 13.6. The fraction of sp³-hybridized carbons (Fsp3) is 0.400. The van der Waals surface area contributed by atoms with Crippen LogP contribution in [0.4, 0.5) is 9.52 Å². The Morgan fingerprint density at radius 2 is 2.05 bits per heavy atom. The number of hydrogen-bond donors (Lipinski definition) is 2. The number of benzene rings is 1. The van der Waals surface area contributed by atoms with Gasteiger partial charge in [0, 0.05) is 13.5 Å². The van der Waals surface area contributed by atoms with Crippen LogP contribution in [0.25, 0.3) is 0 Å². The molecule has 0 aliphatic rings. The lowest BCUT2D eigenvalue weighted by molar-refractivity contribution is -0.122. The minimum absolute atomic E-state index is 0.0964. The van der Waals surface area contributed by atoms with Crippen molar-refractivity contribution in [1.82, 2.24) is 15.5 Å². The van der Waals surface area contributed by atoms with Crippen LogP contribution in [0.2, 0.25) is 0 Å². The van der Waals surface area contributed by atoms with Gasteiger partial charge in [-0.25, -0.2) is 4.39 Å². The molecule has 1 amide bonds. The molecule has 0 aliphatic heterocycles. The van der Waals surface area contributed by atoms with Gasteiger partial charge in [-0.05, 0) is 17.5 Å². The number of nitrogens with zero attached hydrogens (tertiary/aromatic N) is 2. The number of carbonyl (C=O) groups is 1. The predicted molar refractivity (Wildman–Crippen MR) is 85.4 cm³/mol. The molecule has 2 rings (SSSR count). The number of rotatable bonds is 6. The molecule has 1 heterocycles. The Hall–Kier alpha value is -2.02. The first-order valence-corrected chi connectivity index (χ1v) is 7.86. The second-order valence-electron chi connectivity index (χ2n) is 5.25. The Bertz CT molecular complexity index is 644. The normalized spacial score (nSPS) is 12.2. The zero-order chi connectivity index (χ0) is 16.1. The molecule has 7 heteroatoms. The van der Waals surface area contributed by atoms with Gasteiger partial charge in [-0.3, -0.25) is 4.79 Å². The summed E-state index contributed by atoms with van der Waals surface area (Å²) in [6.07, 6.45) is 0.387. The van der Waals surface area contributed by atoms with Crippen molar-refractivity contribution in [2.75, 3.05) is 12.4 Å². The largest absolute Gasteiger partial charge is 0.357 e. The van der Waals surface area contributed by atoms with E-state index in [0.717, 1.165) is 0 Å². The van der Waals surface area contributed by atoms with Crippen LogP contribution in [-0.4, -0.2) is 29.2 Å². The van der Waals surface area contributed by atoms with Crippen molar-refractivity contribution in [3.8, 4) is 0 Å². The Kier molecular flexibility index (Phi) is 5.43. The lowest BCUT2D eigenvalue weighted by Crippen LogP contribution is -2.41. The van der Waals surface area contributed by atoms with Gasteiger partial charge < -0.3 is 10.6 Å². The van der Waals surface area contributed by atoms with E-state index >= 15 is 0 Å². The van der Waals surface area contributed by atoms with E-state index in [1.807, 2.05) is 13.8 Å². The van der Waals surface area contributed by atoms with Crippen LogP contribution >= 0.6 is 11.3 Å². The van der Waals surface area contributed by atoms with Crippen LogP contribution in [0.1, 0.15) is 24.4 Å². The molecule has 0 fully saturated rings. The topological polar surface area (TPSA) is 66.9 Å². The van der Waals surface area contributed by atoms with E-state index < -0.39 is 0 Å². The average Bonchev–Trinajstić information content (AvgIpc) is 2.93. The number of hydrogen-bond acceptors (Lipinski definition) is 5. The first-order valence-electron chi connectivity index (χ1n) is 7.05. The fourth-order valence-corrected chi connectivity index (χ4v) is 2.81.